The van der Waals surface area contributed by atoms with Crippen LogP contribution in [0, 0.1) is 5.92 Å². The second-order valence-corrected chi connectivity index (χ2v) is 14.2. The van der Waals surface area contributed by atoms with Crippen LogP contribution < -0.4 is 4.90 Å². The Bertz CT molecular complexity index is 1510. The van der Waals surface area contributed by atoms with Crippen LogP contribution in [0.2, 0.25) is 0 Å². The third-order valence-electron chi connectivity index (χ3n) is 7.01. The van der Waals surface area contributed by atoms with Crippen LogP contribution in [0.1, 0.15) is 32.3 Å². The fraction of sp³-hybridized carbons (Fsp3) is 0.400. The van der Waals surface area contributed by atoms with Crippen molar-refractivity contribution in [1.29, 1.82) is 0 Å². The molecule has 0 atom stereocenters. The molecule has 0 spiro atoms. The van der Waals surface area contributed by atoms with E-state index in [0.29, 0.717) is 48.7 Å². The molecule has 1 saturated heterocycles. The Kier molecular flexibility index (Phi) is 6.62. The predicted octanol–water partition coefficient (Wildman–Crippen LogP) is 5.13. The first-order chi connectivity index (χ1) is 16.6. The fourth-order valence-corrected chi connectivity index (χ4v) is 7.40. The number of nitrogens with zero attached hydrogens (tertiary/aromatic N) is 2. The summed E-state index contributed by atoms with van der Waals surface area (Å²) >= 11 is 0. The molecule has 2 heterocycles. The van der Waals surface area contributed by atoms with Crippen molar-refractivity contribution in [3.63, 3.8) is 0 Å². The Morgan fingerprint density at radius 2 is 1.56 bits per heavy atom. The lowest BCUT2D eigenvalue weighted by Gasteiger charge is -2.41. The molecule has 0 radical (unpaired) electrons. The summed E-state index contributed by atoms with van der Waals surface area (Å²) in [7, 11) is -7.68. The van der Waals surface area contributed by atoms with Gasteiger partial charge in [-0.15, -0.1) is 0 Å². The topological polar surface area (TPSA) is 84.4 Å². The standard InChI is InChI=1S/C25H27F3N2O4S2/c1-24(2,36(33,34)20-9-6-8-19(16-20)25(26,27)28)18-11-13-30(14-12-18)23-22(35(3,31)32)15-17-7-4-5-10-21(17)29-23/h4-10,15-16,18H,11-14H2,1-3H3. The number of benzene rings is 2. The van der Waals surface area contributed by atoms with Gasteiger partial charge in [0.15, 0.2) is 19.7 Å². The summed E-state index contributed by atoms with van der Waals surface area (Å²) in [4.78, 5) is 6.19. The van der Waals surface area contributed by atoms with Gasteiger partial charge < -0.3 is 4.90 Å². The van der Waals surface area contributed by atoms with Gasteiger partial charge >= 0.3 is 6.18 Å². The molecule has 0 bridgehead atoms. The zero-order chi connectivity index (χ0) is 26.5. The van der Waals surface area contributed by atoms with E-state index in [1.165, 1.54) is 6.07 Å². The molecule has 0 N–H and O–H groups in total. The molecule has 0 saturated carbocycles. The van der Waals surface area contributed by atoms with Gasteiger partial charge in [0.05, 0.1) is 20.7 Å². The molecule has 3 aromatic rings. The molecule has 0 aliphatic carbocycles. The number of hydrogen-bond acceptors (Lipinski definition) is 6. The van der Waals surface area contributed by atoms with Crippen LogP contribution in [-0.4, -0.2) is 45.9 Å². The third-order valence-corrected chi connectivity index (χ3v) is 10.7. The smallest absolute Gasteiger partial charge is 0.355 e. The lowest BCUT2D eigenvalue weighted by molar-refractivity contribution is -0.137. The largest absolute Gasteiger partial charge is 0.416 e. The van der Waals surface area contributed by atoms with Crippen molar-refractivity contribution in [2.24, 2.45) is 5.92 Å². The predicted molar refractivity (Wildman–Crippen MR) is 132 cm³/mol. The van der Waals surface area contributed by atoms with Crippen molar-refractivity contribution in [3.05, 3.63) is 60.2 Å². The number of sulfone groups is 2. The van der Waals surface area contributed by atoms with Gasteiger partial charge in [0, 0.05) is 24.7 Å². The van der Waals surface area contributed by atoms with Crippen LogP contribution in [0.25, 0.3) is 10.9 Å². The Labute approximate surface area is 209 Å². The molecular weight excluding hydrogens is 513 g/mol. The zero-order valence-electron chi connectivity index (χ0n) is 20.1. The van der Waals surface area contributed by atoms with E-state index in [4.69, 9.17) is 0 Å². The molecule has 11 heteroatoms. The van der Waals surface area contributed by atoms with E-state index in [0.717, 1.165) is 18.4 Å². The normalized spacial score (nSPS) is 16.4. The number of alkyl halides is 3. The summed E-state index contributed by atoms with van der Waals surface area (Å²) in [5, 5.41) is 0.699. The minimum Gasteiger partial charge on any atom is -0.355 e. The first-order valence-corrected chi connectivity index (χ1v) is 14.8. The van der Waals surface area contributed by atoms with Crippen LogP contribution in [0.15, 0.2) is 64.4 Å². The first kappa shape index (κ1) is 26.4. The van der Waals surface area contributed by atoms with E-state index in [1.807, 2.05) is 11.0 Å². The zero-order valence-corrected chi connectivity index (χ0v) is 21.7. The van der Waals surface area contributed by atoms with Crippen molar-refractivity contribution >= 4 is 36.4 Å². The summed E-state index contributed by atoms with van der Waals surface area (Å²) in [6, 6.07) is 12.6. The summed E-state index contributed by atoms with van der Waals surface area (Å²) in [5.74, 6) is -0.0244. The average molecular weight is 541 g/mol. The van der Waals surface area contributed by atoms with Gasteiger partial charge in [0.1, 0.15) is 10.7 Å². The number of para-hydroxylation sites is 1. The average Bonchev–Trinajstić information content (AvgIpc) is 2.82. The Balaban J connectivity index is 1.61. The lowest BCUT2D eigenvalue weighted by Crippen LogP contribution is -2.46. The third kappa shape index (κ3) is 4.82. The van der Waals surface area contributed by atoms with Crippen LogP contribution in [-0.2, 0) is 25.9 Å². The minimum absolute atomic E-state index is 0.107. The van der Waals surface area contributed by atoms with Gasteiger partial charge in [0.25, 0.3) is 0 Å². The molecule has 0 amide bonds. The Hall–Kier alpha value is -2.66. The molecule has 0 unspecified atom stereocenters. The number of anilines is 1. The molecule has 6 nitrogen and oxygen atoms in total. The van der Waals surface area contributed by atoms with Gasteiger partial charge in [-0.25, -0.2) is 21.8 Å². The lowest BCUT2D eigenvalue weighted by atomic mass is 9.86. The van der Waals surface area contributed by atoms with Crippen molar-refractivity contribution in [3.8, 4) is 0 Å². The quantitative estimate of drug-likeness (QED) is 0.446. The van der Waals surface area contributed by atoms with Gasteiger partial charge in [0.2, 0.25) is 0 Å². The first-order valence-electron chi connectivity index (χ1n) is 11.4. The number of piperidine rings is 1. The van der Waals surface area contributed by atoms with Crippen LogP contribution in [0.4, 0.5) is 19.0 Å². The monoisotopic (exact) mass is 540 g/mol. The highest BCUT2D eigenvalue weighted by Gasteiger charge is 2.45. The van der Waals surface area contributed by atoms with Gasteiger partial charge in [-0.3, -0.25) is 0 Å². The van der Waals surface area contributed by atoms with Crippen LogP contribution in [0.5, 0.6) is 0 Å². The Morgan fingerprint density at radius 1 is 0.917 bits per heavy atom. The highest BCUT2D eigenvalue weighted by Crippen LogP contribution is 2.41. The van der Waals surface area contributed by atoms with E-state index in [2.05, 4.69) is 4.98 Å². The molecular formula is C25H27F3N2O4S2. The number of halogens is 3. The highest BCUT2D eigenvalue weighted by atomic mass is 32.2. The van der Waals surface area contributed by atoms with Crippen molar-refractivity contribution in [2.75, 3.05) is 24.2 Å². The number of aromatic nitrogens is 1. The second kappa shape index (κ2) is 9.02. The summed E-state index contributed by atoms with van der Waals surface area (Å²) in [6.45, 7) is 3.80. The van der Waals surface area contributed by atoms with E-state index >= 15 is 0 Å². The molecule has 2 aromatic carbocycles. The van der Waals surface area contributed by atoms with E-state index in [-0.39, 0.29) is 15.7 Å². The molecule has 36 heavy (non-hydrogen) atoms. The van der Waals surface area contributed by atoms with E-state index in [9.17, 15) is 30.0 Å². The fourth-order valence-electron chi connectivity index (χ4n) is 4.74. The maximum Gasteiger partial charge on any atom is 0.416 e. The molecule has 1 aliphatic rings. The van der Waals surface area contributed by atoms with Crippen LogP contribution in [0.3, 0.4) is 0 Å². The minimum atomic E-state index is -4.65. The molecule has 1 fully saturated rings. The van der Waals surface area contributed by atoms with E-state index in [1.54, 1.807) is 38.1 Å². The van der Waals surface area contributed by atoms with Crippen molar-refractivity contribution in [2.45, 2.75) is 47.4 Å². The number of rotatable bonds is 5. The van der Waals surface area contributed by atoms with Crippen molar-refractivity contribution < 1.29 is 30.0 Å². The molecule has 194 valence electrons. The summed E-state index contributed by atoms with van der Waals surface area (Å²) in [5.41, 5.74) is -0.362. The van der Waals surface area contributed by atoms with Crippen LogP contribution >= 0.6 is 0 Å². The number of pyridine rings is 1. The number of fused-ring (bicyclic) bond motifs is 1. The molecule has 4 rings (SSSR count). The second-order valence-electron chi connectivity index (χ2n) is 9.67. The maximum atomic E-state index is 13.4. The van der Waals surface area contributed by atoms with E-state index < -0.39 is 36.2 Å². The summed E-state index contributed by atoms with van der Waals surface area (Å²) in [6.07, 6.45) is -2.71. The maximum absolute atomic E-state index is 13.4. The van der Waals surface area contributed by atoms with Gasteiger partial charge in [-0.1, -0.05) is 24.3 Å². The summed E-state index contributed by atoms with van der Waals surface area (Å²) < 4.78 is 90.1. The van der Waals surface area contributed by atoms with Gasteiger partial charge in [-0.05, 0) is 62.9 Å². The van der Waals surface area contributed by atoms with Crippen molar-refractivity contribution in [1.82, 2.24) is 4.98 Å². The highest BCUT2D eigenvalue weighted by molar-refractivity contribution is 7.92. The number of hydrogen-bond donors (Lipinski definition) is 0. The molecule has 1 aromatic heterocycles. The van der Waals surface area contributed by atoms with Gasteiger partial charge in [-0.2, -0.15) is 13.2 Å². The Morgan fingerprint density at radius 3 is 2.17 bits per heavy atom. The molecule has 1 aliphatic heterocycles. The SMILES string of the molecule is CC(C)(C1CCN(c2nc3ccccc3cc2S(C)(=O)=O)CC1)S(=O)(=O)c1cccc(C(F)(F)F)c1.